The Hall–Kier alpha value is -3.25. The highest BCUT2D eigenvalue weighted by molar-refractivity contribution is 7.21. The van der Waals surface area contributed by atoms with Crippen molar-refractivity contribution in [3.05, 3.63) is 65.8 Å². The monoisotopic (exact) mass is 346 g/mol. The molecule has 0 saturated heterocycles. The largest absolute Gasteiger partial charge is 0.397 e. The van der Waals surface area contributed by atoms with Crippen LogP contribution in [0.3, 0.4) is 0 Å². The molecule has 1 aromatic carbocycles. The summed E-state index contributed by atoms with van der Waals surface area (Å²) in [5.41, 5.74) is 15.7. The van der Waals surface area contributed by atoms with Crippen LogP contribution in [-0.4, -0.2) is 15.9 Å². The summed E-state index contributed by atoms with van der Waals surface area (Å²) in [4.78, 5) is 21.6. The zero-order valence-corrected chi connectivity index (χ0v) is 14.0. The predicted octanol–water partition coefficient (Wildman–Crippen LogP) is 3.71. The second-order valence-corrected chi connectivity index (χ2v) is 6.55. The molecule has 5 nitrogen and oxygen atoms in total. The van der Waals surface area contributed by atoms with Crippen LogP contribution in [0.25, 0.3) is 32.6 Å². The Kier molecular flexibility index (Phi) is 3.66. The van der Waals surface area contributed by atoms with Gasteiger partial charge in [0, 0.05) is 28.9 Å². The molecular formula is C19H14N4OS. The van der Waals surface area contributed by atoms with Crippen LogP contribution < -0.4 is 11.5 Å². The fourth-order valence-electron chi connectivity index (χ4n) is 2.81. The van der Waals surface area contributed by atoms with Crippen LogP contribution in [-0.2, 0) is 0 Å². The normalized spacial score (nSPS) is 10.9. The van der Waals surface area contributed by atoms with E-state index in [-0.39, 0.29) is 0 Å². The Morgan fingerprint density at radius 1 is 1.04 bits per heavy atom. The van der Waals surface area contributed by atoms with E-state index in [0.717, 1.165) is 27.8 Å². The number of anilines is 1. The quantitative estimate of drug-likeness (QED) is 0.591. The van der Waals surface area contributed by atoms with E-state index < -0.39 is 5.91 Å². The lowest BCUT2D eigenvalue weighted by Gasteiger charge is -2.08. The van der Waals surface area contributed by atoms with Gasteiger partial charge in [-0.3, -0.25) is 9.78 Å². The van der Waals surface area contributed by atoms with E-state index in [0.29, 0.717) is 15.4 Å². The molecule has 0 unspecified atom stereocenters. The molecule has 0 aliphatic rings. The number of nitrogens with zero attached hydrogens (tertiary/aromatic N) is 2. The highest BCUT2D eigenvalue weighted by Crippen LogP contribution is 2.40. The van der Waals surface area contributed by atoms with Crippen LogP contribution in [0.15, 0.2) is 60.9 Å². The number of amides is 1. The number of carbonyl (C=O) groups excluding carboxylic acids is 1. The Bertz CT molecular complexity index is 1070. The second-order valence-electron chi connectivity index (χ2n) is 5.55. The average Bonchev–Trinajstić information content (AvgIpc) is 2.99. The second kappa shape index (κ2) is 5.99. The predicted molar refractivity (Wildman–Crippen MR) is 101 cm³/mol. The van der Waals surface area contributed by atoms with Crippen LogP contribution in [0.4, 0.5) is 5.69 Å². The van der Waals surface area contributed by atoms with Crippen molar-refractivity contribution in [2.75, 3.05) is 5.73 Å². The van der Waals surface area contributed by atoms with Gasteiger partial charge in [0.05, 0.1) is 11.4 Å². The molecule has 4 N–H and O–H groups in total. The maximum absolute atomic E-state index is 11.7. The summed E-state index contributed by atoms with van der Waals surface area (Å²) in [6, 6.07) is 15.7. The van der Waals surface area contributed by atoms with Gasteiger partial charge < -0.3 is 11.5 Å². The number of hydrogen-bond donors (Lipinski definition) is 2. The van der Waals surface area contributed by atoms with E-state index in [4.69, 9.17) is 16.5 Å². The minimum absolute atomic E-state index is 0.331. The van der Waals surface area contributed by atoms with Gasteiger partial charge in [0.25, 0.3) is 5.91 Å². The van der Waals surface area contributed by atoms with Crippen LogP contribution in [0.2, 0.25) is 0 Å². The summed E-state index contributed by atoms with van der Waals surface area (Å²) in [7, 11) is 0. The number of fused-ring (bicyclic) bond motifs is 1. The molecule has 4 aromatic rings. The molecule has 0 spiro atoms. The number of nitrogens with two attached hydrogens (primary N) is 2. The van der Waals surface area contributed by atoms with Crippen molar-refractivity contribution in [1.82, 2.24) is 9.97 Å². The molecular weight excluding hydrogens is 332 g/mol. The van der Waals surface area contributed by atoms with E-state index in [1.807, 2.05) is 48.5 Å². The SMILES string of the molecule is NC(=O)c1sc2nc(-c3ccccc3)cc(-c3cccnc3)c2c1N. The van der Waals surface area contributed by atoms with Crippen molar-refractivity contribution in [2.45, 2.75) is 0 Å². The number of hydrogen-bond acceptors (Lipinski definition) is 5. The summed E-state index contributed by atoms with van der Waals surface area (Å²) in [5, 5.41) is 0.742. The lowest BCUT2D eigenvalue weighted by molar-refractivity contribution is 0.100. The smallest absolute Gasteiger partial charge is 0.260 e. The molecule has 0 bridgehead atoms. The van der Waals surface area contributed by atoms with Gasteiger partial charge in [-0.2, -0.15) is 0 Å². The third kappa shape index (κ3) is 2.62. The molecule has 0 fully saturated rings. The first-order valence-electron chi connectivity index (χ1n) is 7.64. The van der Waals surface area contributed by atoms with Gasteiger partial charge >= 0.3 is 0 Å². The van der Waals surface area contributed by atoms with E-state index in [1.54, 1.807) is 12.4 Å². The first kappa shape index (κ1) is 15.3. The van der Waals surface area contributed by atoms with E-state index in [9.17, 15) is 4.79 Å². The summed E-state index contributed by atoms with van der Waals surface area (Å²) < 4.78 is 0. The Labute approximate surface area is 148 Å². The molecule has 25 heavy (non-hydrogen) atoms. The Morgan fingerprint density at radius 3 is 2.48 bits per heavy atom. The highest BCUT2D eigenvalue weighted by atomic mass is 32.1. The molecule has 0 radical (unpaired) electrons. The van der Waals surface area contributed by atoms with Crippen LogP contribution in [0, 0.1) is 0 Å². The molecule has 122 valence electrons. The lowest BCUT2D eigenvalue weighted by Crippen LogP contribution is -2.10. The van der Waals surface area contributed by atoms with E-state index >= 15 is 0 Å². The van der Waals surface area contributed by atoms with E-state index in [2.05, 4.69) is 4.98 Å². The number of carbonyl (C=O) groups is 1. The minimum Gasteiger partial charge on any atom is -0.397 e. The van der Waals surface area contributed by atoms with Crippen molar-refractivity contribution < 1.29 is 4.79 Å². The van der Waals surface area contributed by atoms with Crippen LogP contribution in [0.5, 0.6) is 0 Å². The molecule has 0 aliphatic carbocycles. The topological polar surface area (TPSA) is 94.9 Å². The van der Waals surface area contributed by atoms with Crippen LogP contribution >= 0.6 is 11.3 Å². The molecule has 3 aromatic heterocycles. The average molecular weight is 346 g/mol. The summed E-state index contributed by atoms with van der Waals surface area (Å²) in [6.45, 7) is 0. The maximum atomic E-state index is 11.7. The van der Waals surface area contributed by atoms with Crippen molar-refractivity contribution in [2.24, 2.45) is 5.73 Å². The fourth-order valence-corrected chi connectivity index (χ4v) is 3.78. The number of aromatic nitrogens is 2. The van der Waals surface area contributed by atoms with Gasteiger partial charge in [-0.1, -0.05) is 36.4 Å². The number of pyridine rings is 2. The van der Waals surface area contributed by atoms with Gasteiger partial charge in [0.15, 0.2) is 0 Å². The van der Waals surface area contributed by atoms with Gasteiger partial charge in [-0.15, -0.1) is 11.3 Å². The number of primary amides is 1. The number of nitrogen functional groups attached to an aromatic ring is 1. The fraction of sp³-hybridized carbons (Fsp3) is 0. The third-order valence-electron chi connectivity index (χ3n) is 3.96. The molecule has 0 aliphatic heterocycles. The zero-order chi connectivity index (χ0) is 17.4. The maximum Gasteiger partial charge on any atom is 0.260 e. The number of benzene rings is 1. The summed E-state index contributed by atoms with van der Waals surface area (Å²) in [5.74, 6) is -0.543. The highest BCUT2D eigenvalue weighted by Gasteiger charge is 2.20. The van der Waals surface area contributed by atoms with E-state index in [1.165, 1.54) is 11.3 Å². The standard InChI is InChI=1S/C19H14N4OS/c20-16-15-13(12-7-4-8-22-10-12)9-14(11-5-2-1-3-6-11)23-19(15)25-17(16)18(21)24/h1-10H,20H2,(H2,21,24). The zero-order valence-electron chi connectivity index (χ0n) is 13.1. The first-order chi connectivity index (χ1) is 12.1. The summed E-state index contributed by atoms with van der Waals surface area (Å²) >= 11 is 1.22. The van der Waals surface area contributed by atoms with Crippen molar-refractivity contribution in [3.63, 3.8) is 0 Å². The number of thiophene rings is 1. The lowest BCUT2D eigenvalue weighted by atomic mass is 10.0. The van der Waals surface area contributed by atoms with Crippen molar-refractivity contribution in [3.8, 4) is 22.4 Å². The number of rotatable bonds is 3. The van der Waals surface area contributed by atoms with Crippen LogP contribution in [0.1, 0.15) is 9.67 Å². The molecule has 0 saturated carbocycles. The molecule has 0 atom stereocenters. The third-order valence-corrected chi connectivity index (χ3v) is 5.08. The van der Waals surface area contributed by atoms with Crippen molar-refractivity contribution in [1.29, 1.82) is 0 Å². The first-order valence-corrected chi connectivity index (χ1v) is 8.45. The Morgan fingerprint density at radius 2 is 1.80 bits per heavy atom. The van der Waals surface area contributed by atoms with Gasteiger partial charge in [-0.25, -0.2) is 4.98 Å². The molecule has 4 rings (SSSR count). The minimum atomic E-state index is -0.543. The molecule has 1 amide bonds. The molecule has 3 heterocycles. The van der Waals surface area contributed by atoms with Gasteiger partial charge in [0.1, 0.15) is 9.71 Å². The van der Waals surface area contributed by atoms with Crippen molar-refractivity contribution >= 4 is 33.1 Å². The Balaban J connectivity index is 2.07. The summed E-state index contributed by atoms with van der Waals surface area (Å²) in [6.07, 6.45) is 3.48. The molecule has 6 heteroatoms. The van der Waals surface area contributed by atoms with Gasteiger partial charge in [0.2, 0.25) is 0 Å². The van der Waals surface area contributed by atoms with Gasteiger partial charge in [-0.05, 0) is 17.7 Å².